The molecule has 0 amide bonds. The topological polar surface area (TPSA) is 43.4 Å². The minimum Gasteiger partial charge on any atom is -0.493 e. The first-order chi connectivity index (χ1) is 9.57. The third-order valence-corrected chi connectivity index (χ3v) is 4.53. The first-order valence-electron chi connectivity index (χ1n) is 6.73. The van der Waals surface area contributed by atoms with Gasteiger partial charge in [0.25, 0.3) is 9.05 Å². The molecule has 0 heterocycles. The van der Waals surface area contributed by atoms with E-state index in [4.69, 9.17) is 21.8 Å². The Labute approximate surface area is 132 Å². The van der Waals surface area contributed by atoms with Crippen LogP contribution < -0.4 is 4.74 Å². The van der Waals surface area contributed by atoms with Gasteiger partial charge in [0.1, 0.15) is 5.75 Å². The molecule has 116 valence electrons. The standard InChI is InChI=1S/C16H21ClO3S/c1-6-7-8-9-20-14-10-12(2)15(21(17,18)19)11-13(14)16(3,4)5/h1,10-11H,7-9H2,2-5H3. The Balaban J connectivity index is 3.25. The molecule has 0 aliphatic carbocycles. The van der Waals surface area contributed by atoms with E-state index < -0.39 is 9.05 Å². The quantitative estimate of drug-likeness (QED) is 0.466. The molecular weight excluding hydrogens is 308 g/mol. The molecule has 5 heteroatoms. The minimum absolute atomic E-state index is 0.130. The van der Waals surface area contributed by atoms with E-state index >= 15 is 0 Å². The molecule has 0 N–H and O–H groups in total. The average molecular weight is 329 g/mol. The molecule has 0 spiro atoms. The summed E-state index contributed by atoms with van der Waals surface area (Å²) in [4.78, 5) is 0.130. The van der Waals surface area contributed by atoms with Crippen LogP contribution in [-0.2, 0) is 14.5 Å². The van der Waals surface area contributed by atoms with Gasteiger partial charge in [-0.15, -0.1) is 12.3 Å². The summed E-state index contributed by atoms with van der Waals surface area (Å²) < 4.78 is 29.1. The lowest BCUT2D eigenvalue weighted by atomic mass is 9.86. The monoisotopic (exact) mass is 328 g/mol. The van der Waals surface area contributed by atoms with Crippen molar-refractivity contribution in [2.24, 2.45) is 0 Å². The van der Waals surface area contributed by atoms with Crippen molar-refractivity contribution in [2.45, 2.75) is 50.8 Å². The third-order valence-electron chi connectivity index (χ3n) is 3.07. The average Bonchev–Trinajstić information content (AvgIpc) is 2.31. The Morgan fingerprint density at radius 1 is 1.33 bits per heavy atom. The van der Waals surface area contributed by atoms with Crippen LogP contribution in [0.4, 0.5) is 0 Å². The normalized spacial score (nSPS) is 12.0. The van der Waals surface area contributed by atoms with Crippen LogP contribution >= 0.6 is 10.7 Å². The number of hydrogen-bond donors (Lipinski definition) is 0. The van der Waals surface area contributed by atoms with Gasteiger partial charge >= 0.3 is 0 Å². The number of rotatable bonds is 5. The van der Waals surface area contributed by atoms with Gasteiger partial charge in [-0.2, -0.15) is 0 Å². The highest BCUT2D eigenvalue weighted by Gasteiger charge is 2.24. The molecule has 1 aromatic carbocycles. The molecule has 0 aliphatic heterocycles. The highest BCUT2D eigenvalue weighted by Crippen LogP contribution is 2.36. The highest BCUT2D eigenvalue weighted by molar-refractivity contribution is 8.13. The molecule has 1 aromatic rings. The molecule has 0 saturated carbocycles. The van der Waals surface area contributed by atoms with Gasteiger partial charge in [-0.3, -0.25) is 0 Å². The number of hydrogen-bond acceptors (Lipinski definition) is 3. The Morgan fingerprint density at radius 3 is 2.43 bits per heavy atom. The van der Waals surface area contributed by atoms with Gasteiger partial charge in [-0.05, 0) is 36.5 Å². The fraction of sp³-hybridized carbons (Fsp3) is 0.500. The van der Waals surface area contributed by atoms with Crippen molar-refractivity contribution in [3.8, 4) is 18.1 Å². The van der Waals surface area contributed by atoms with Crippen LogP contribution in [-0.4, -0.2) is 15.0 Å². The smallest absolute Gasteiger partial charge is 0.261 e. The van der Waals surface area contributed by atoms with Gasteiger partial charge in [0.2, 0.25) is 0 Å². The van der Waals surface area contributed by atoms with Gasteiger partial charge in [0.05, 0.1) is 11.5 Å². The van der Waals surface area contributed by atoms with E-state index in [2.05, 4.69) is 5.92 Å². The summed E-state index contributed by atoms with van der Waals surface area (Å²) in [7, 11) is 1.72. The van der Waals surface area contributed by atoms with Gasteiger partial charge in [-0.1, -0.05) is 20.8 Å². The van der Waals surface area contributed by atoms with Crippen LogP contribution in [0.1, 0.15) is 44.7 Å². The molecule has 3 nitrogen and oxygen atoms in total. The van der Waals surface area contributed by atoms with E-state index in [0.717, 1.165) is 12.0 Å². The maximum absolute atomic E-state index is 11.6. The summed E-state index contributed by atoms with van der Waals surface area (Å²) in [5.41, 5.74) is 1.13. The van der Waals surface area contributed by atoms with E-state index in [1.807, 2.05) is 20.8 Å². The third kappa shape index (κ3) is 4.94. The lowest BCUT2D eigenvalue weighted by Gasteiger charge is -2.24. The van der Waals surface area contributed by atoms with E-state index in [1.54, 1.807) is 19.1 Å². The molecule has 1 rings (SSSR count). The van der Waals surface area contributed by atoms with Crippen LogP contribution in [0.15, 0.2) is 17.0 Å². The summed E-state index contributed by atoms with van der Waals surface area (Å²) in [6.45, 7) is 8.19. The van der Waals surface area contributed by atoms with Gasteiger partial charge in [0.15, 0.2) is 0 Å². The van der Waals surface area contributed by atoms with E-state index in [1.165, 1.54) is 0 Å². The maximum atomic E-state index is 11.6. The summed E-state index contributed by atoms with van der Waals surface area (Å²) in [5.74, 6) is 3.24. The number of unbranched alkanes of at least 4 members (excludes halogenated alkanes) is 1. The van der Waals surface area contributed by atoms with E-state index in [9.17, 15) is 8.42 Å². The van der Waals surface area contributed by atoms with Crippen LogP contribution in [0.3, 0.4) is 0 Å². The maximum Gasteiger partial charge on any atom is 0.261 e. The molecule has 0 aliphatic rings. The van der Waals surface area contributed by atoms with Gasteiger partial charge in [-0.25, -0.2) is 8.42 Å². The van der Waals surface area contributed by atoms with Crippen LogP contribution in [0.2, 0.25) is 0 Å². The second-order valence-corrected chi connectivity index (χ2v) is 8.49. The number of aryl methyl sites for hydroxylation is 1. The van der Waals surface area contributed by atoms with Crippen LogP contribution in [0.5, 0.6) is 5.75 Å². The SMILES string of the molecule is C#CCCCOc1cc(C)c(S(=O)(=O)Cl)cc1C(C)(C)C. The molecule has 0 saturated heterocycles. The van der Waals surface area contributed by atoms with Crippen molar-refractivity contribution >= 4 is 19.7 Å². The van der Waals surface area contributed by atoms with Gasteiger partial charge < -0.3 is 4.74 Å². The molecule has 0 fully saturated rings. The summed E-state index contributed by atoms with van der Waals surface area (Å²) in [5, 5.41) is 0. The second kappa shape index (κ2) is 6.72. The van der Waals surface area contributed by atoms with Crippen LogP contribution in [0, 0.1) is 19.3 Å². The predicted octanol–water partition coefficient (Wildman–Crippen LogP) is 4.01. The number of ether oxygens (including phenoxy) is 1. The zero-order chi connectivity index (χ0) is 16.3. The van der Waals surface area contributed by atoms with Crippen molar-refractivity contribution in [1.82, 2.24) is 0 Å². The Bertz CT molecular complexity index is 649. The van der Waals surface area contributed by atoms with Crippen molar-refractivity contribution in [3.05, 3.63) is 23.3 Å². The Morgan fingerprint density at radius 2 is 1.95 bits per heavy atom. The Hall–Kier alpha value is -1.18. The lowest BCUT2D eigenvalue weighted by molar-refractivity contribution is 0.304. The first-order valence-corrected chi connectivity index (χ1v) is 9.04. The van der Waals surface area contributed by atoms with E-state index in [-0.39, 0.29) is 10.3 Å². The fourth-order valence-corrected chi connectivity index (χ4v) is 3.19. The zero-order valence-electron chi connectivity index (χ0n) is 12.9. The Kier molecular flexibility index (Phi) is 5.72. The minimum atomic E-state index is -3.77. The molecule has 0 radical (unpaired) electrons. The summed E-state index contributed by atoms with van der Waals surface area (Å²) >= 11 is 0. The lowest BCUT2D eigenvalue weighted by Crippen LogP contribution is -2.15. The molecule has 21 heavy (non-hydrogen) atoms. The van der Waals surface area contributed by atoms with E-state index in [0.29, 0.717) is 24.3 Å². The molecular formula is C16H21ClO3S. The van der Waals surface area contributed by atoms with Crippen LogP contribution in [0.25, 0.3) is 0 Å². The predicted molar refractivity (Wildman–Crippen MR) is 86.5 cm³/mol. The molecule has 0 unspecified atom stereocenters. The highest BCUT2D eigenvalue weighted by atomic mass is 35.7. The number of halogens is 1. The van der Waals surface area contributed by atoms with Gasteiger partial charge in [0, 0.05) is 22.7 Å². The number of benzene rings is 1. The summed E-state index contributed by atoms with van der Waals surface area (Å²) in [6.07, 6.45) is 6.62. The molecule has 0 bridgehead atoms. The van der Waals surface area contributed by atoms with Crippen molar-refractivity contribution in [2.75, 3.05) is 6.61 Å². The second-order valence-electron chi connectivity index (χ2n) is 5.96. The molecule has 0 atom stereocenters. The summed E-state index contributed by atoms with van der Waals surface area (Å²) in [6, 6.07) is 3.33. The van der Waals surface area contributed by atoms with Crippen molar-refractivity contribution < 1.29 is 13.2 Å². The fourth-order valence-electron chi connectivity index (χ4n) is 1.99. The zero-order valence-corrected chi connectivity index (χ0v) is 14.4. The first kappa shape index (κ1) is 17.9. The molecule has 0 aromatic heterocycles. The largest absolute Gasteiger partial charge is 0.493 e. The van der Waals surface area contributed by atoms with Crippen molar-refractivity contribution in [3.63, 3.8) is 0 Å². The van der Waals surface area contributed by atoms with Crippen molar-refractivity contribution in [1.29, 1.82) is 0 Å². The number of terminal acetylenes is 1.